The Bertz CT molecular complexity index is 1340. The molecular weight excluding hydrogens is 637 g/mol. The second kappa shape index (κ2) is 12.8. The molecule has 1 saturated heterocycles. The normalized spacial score (nSPS) is 17.4. The van der Waals surface area contributed by atoms with Crippen molar-refractivity contribution in [2.75, 3.05) is 18.5 Å². The lowest BCUT2D eigenvalue weighted by molar-refractivity contribution is -0.134. The van der Waals surface area contributed by atoms with E-state index in [0.717, 1.165) is 14.0 Å². The first-order chi connectivity index (χ1) is 18.7. The molecule has 204 valence electrons. The second-order valence-corrected chi connectivity index (χ2v) is 10.7. The van der Waals surface area contributed by atoms with E-state index in [2.05, 4.69) is 33.2 Å². The number of rotatable bonds is 10. The quantitative estimate of drug-likeness (QED) is 0.191. The Labute approximate surface area is 244 Å². The number of amides is 4. The van der Waals surface area contributed by atoms with E-state index in [0.29, 0.717) is 22.0 Å². The Balaban J connectivity index is 1.60. The number of benzene rings is 3. The Kier molecular flexibility index (Phi) is 9.44. The van der Waals surface area contributed by atoms with Crippen LogP contribution in [0.2, 0.25) is 5.02 Å². The maximum Gasteiger partial charge on any atom is 0.325 e. The lowest BCUT2D eigenvalue weighted by atomic mass is 9.91. The fraction of sp³-hybridized carbons (Fsp3) is 0.250. The highest BCUT2D eigenvalue weighted by Gasteiger charge is 2.47. The van der Waals surface area contributed by atoms with E-state index in [-0.39, 0.29) is 6.61 Å². The summed E-state index contributed by atoms with van der Waals surface area (Å²) in [4.78, 5) is 41.5. The van der Waals surface area contributed by atoms with Gasteiger partial charge in [0.1, 0.15) is 30.5 Å². The molecule has 1 fully saturated rings. The van der Waals surface area contributed by atoms with Gasteiger partial charge in [0.2, 0.25) is 5.91 Å². The molecule has 0 aliphatic carbocycles. The summed E-state index contributed by atoms with van der Waals surface area (Å²) in [6, 6.07) is 17.9. The van der Waals surface area contributed by atoms with E-state index >= 15 is 0 Å². The molecule has 4 amide bonds. The number of ether oxygens (including phenoxy) is 1. The van der Waals surface area contributed by atoms with Gasteiger partial charge in [0.15, 0.2) is 0 Å². The van der Waals surface area contributed by atoms with Gasteiger partial charge >= 0.3 is 6.03 Å². The molecule has 1 aliphatic rings. The Hall–Kier alpha value is -3.19. The van der Waals surface area contributed by atoms with Gasteiger partial charge in [-0.1, -0.05) is 61.0 Å². The molecule has 0 aromatic heterocycles. The average molecular weight is 664 g/mol. The minimum Gasteiger partial charge on any atom is -0.491 e. The molecule has 4 N–H and O–H groups in total. The molecule has 39 heavy (non-hydrogen) atoms. The van der Waals surface area contributed by atoms with Crippen molar-refractivity contribution < 1.29 is 29.3 Å². The standard InChI is InChI=1S/C28H27ClIN3O6/c1-16(17-5-3-2-4-6-17)25(26(36)31-23-12-9-19(30)13-22(23)29)33-27(37)24(32-28(33)38)18-7-10-21(11-8-18)39-15-20(35)14-34/h2-13,16,20,24-25,34-35H,14-15H2,1H3,(H,31,36)(H,32,38)/t16?,20-,24+,25?/m0/s1. The van der Waals surface area contributed by atoms with Crippen LogP contribution in [0.15, 0.2) is 72.8 Å². The number of anilines is 1. The summed E-state index contributed by atoms with van der Waals surface area (Å²) in [5, 5.41) is 24.2. The summed E-state index contributed by atoms with van der Waals surface area (Å²) in [7, 11) is 0. The molecule has 2 unspecified atom stereocenters. The predicted octanol–water partition coefficient (Wildman–Crippen LogP) is 4.08. The number of aliphatic hydroxyl groups excluding tert-OH is 2. The Morgan fingerprint density at radius 1 is 1.13 bits per heavy atom. The van der Waals surface area contributed by atoms with Crippen molar-refractivity contribution >= 4 is 57.7 Å². The average Bonchev–Trinajstić information content (AvgIpc) is 3.23. The molecule has 9 nitrogen and oxygen atoms in total. The van der Waals surface area contributed by atoms with Gasteiger partial charge in [-0.3, -0.25) is 9.59 Å². The highest BCUT2D eigenvalue weighted by Crippen LogP contribution is 2.32. The van der Waals surface area contributed by atoms with Crippen molar-refractivity contribution in [1.29, 1.82) is 0 Å². The van der Waals surface area contributed by atoms with E-state index in [1.54, 1.807) is 49.4 Å². The summed E-state index contributed by atoms with van der Waals surface area (Å²) in [6.07, 6.45) is -1.02. The van der Waals surface area contributed by atoms with E-state index < -0.39 is 48.6 Å². The molecule has 3 aromatic rings. The smallest absolute Gasteiger partial charge is 0.325 e. The summed E-state index contributed by atoms with van der Waals surface area (Å²) >= 11 is 8.45. The number of carbonyl (C=O) groups is 3. The fourth-order valence-electron chi connectivity index (χ4n) is 4.29. The van der Waals surface area contributed by atoms with E-state index in [1.165, 1.54) is 0 Å². The largest absolute Gasteiger partial charge is 0.491 e. The van der Waals surface area contributed by atoms with Crippen LogP contribution in [0.5, 0.6) is 5.75 Å². The number of hydrogen-bond acceptors (Lipinski definition) is 6. The third kappa shape index (κ3) is 6.70. The number of hydrogen-bond donors (Lipinski definition) is 4. The maximum absolute atomic E-state index is 13.7. The first kappa shape index (κ1) is 28.8. The molecular formula is C28H27ClIN3O6. The van der Waals surface area contributed by atoms with Gasteiger partial charge < -0.3 is 25.6 Å². The molecule has 4 atom stereocenters. The number of halogens is 2. The molecule has 1 aliphatic heterocycles. The molecule has 0 bridgehead atoms. The van der Waals surface area contributed by atoms with Crippen LogP contribution in [0.25, 0.3) is 0 Å². The third-order valence-electron chi connectivity index (χ3n) is 6.37. The Morgan fingerprint density at radius 3 is 2.46 bits per heavy atom. The highest BCUT2D eigenvalue weighted by atomic mass is 127. The molecule has 11 heteroatoms. The van der Waals surface area contributed by atoms with Crippen LogP contribution < -0.4 is 15.4 Å². The predicted molar refractivity (Wildman–Crippen MR) is 155 cm³/mol. The zero-order valence-corrected chi connectivity index (χ0v) is 23.8. The summed E-state index contributed by atoms with van der Waals surface area (Å²) < 4.78 is 6.30. The lowest BCUT2D eigenvalue weighted by Gasteiger charge is -2.30. The van der Waals surface area contributed by atoms with E-state index in [4.69, 9.17) is 21.4 Å². The van der Waals surface area contributed by atoms with Gasteiger partial charge in [-0.15, -0.1) is 0 Å². The number of nitrogens with zero attached hydrogens (tertiary/aromatic N) is 1. The Morgan fingerprint density at radius 2 is 1.82 bits per heavy atom. The molecule has 4 rings (SSSR count). The number of carbonyl (C=O) groups excluding carboxylic acids is 3. The van der Waals surface area contributed by atoms with Crippen molar-refractivity contribution in [3.8, 4) is 5.75 Å². The molecule has 0 saturated carbocycles. The van der Waals surface area contributed by atoms with Crippen molar-refractivity contribution in [1.82, 2.24) is 10.2 Å². The van der Waals surface area contributed by atoms with Crippen LogP contribution in [0.1, 0.15) is 30.0 Å². The zero-order chi connectivity index (χ0) is 28.1. The van der Waals surface area contributed by atoms with Gasteiger partial charge in [0.25, 0.3) is 5.91 Å². The van der Waals surface area contributed by atoms with Crippen molar-refractivity contribution in [2.24, 2.45) is 0 Å². The maximum atomic E-state index is 13.7. The van der Waals surface area contributed by atoms with E-state index in [9.17, 15) is 19.5 Å². The number of imide groups is 1. The van der Waals surface area contributed by atoms with Crippen LogP contribution >= 0.6 is 34.2 Å². The summed E-state index contributed by atoms with van der Waals surface area (Å²) in [5.41, 5.74) is 1.65. The first-order valence-electron chi connectivity index (χ1n) is 12.2. The van der Waals surface area contributed by atoms with Gasteiger partial charge in [-0.25, -0.2) is 9.69 Å². The monoisotopic (exact) mass is 663 g/mol. The van der Waals surface area contributed by atoms with Crippen LogP contribution in [-0.4, -0.2) is 58.3 Å². The molecule has 1 heterocycles. The molecule has 0 spiro atoms. The fourth-order valence-corrected chi connectivity index (χ4v) is 5.19. The summed E-state index contributed by atoms with van der Waals surface area (Å²) in [5.74, 6) is -1.23. The second-order valence-electron chi connectivity index (χ2n) is 9.06. The van der Waals surface area contributed by atoms with E-state index in [1.807, 2.05) is 30.3 Å². The van der Waals surface area contributed by atoms with Gasteiger partial charge in [0, 0.05) is 9.49 Å². The summed E-state index contributed by atoms with van der Waals surface area (Å²) in [6.45, 7) is 1.26. The third-order valence-corrected chi connectivity index (χ3v) is 7.36. The van der Waals surface area contributed by atoms with Gasteiger partial charge in [-0.05, 0) is 64.0 Å². The molecule has 3 aromatic carbocycles. The lowest BCUT2D eigenvalue weighted by Crippen LogP contribution is -2.50. The van der Waals surface area contributed by atoms with Crippen molar-refractivity contribution in [3.63, 3.8) is 0 Å². The number of urea groups is 1. The van der Waals surface area contributed by atoms with Crippen LogP contribution in [-0.2, 0) is 9.59 Å². The first-order valence-corrected chi connectivity index (χ1v) is 13.6. The SMILES string of the molecule is CC(c1ccccc1)C(C(=O)Nc1ccc(I)cc1Cl)N1C(=O)N[C@H](c2ccc(OC[C@@H](O)CO)cc2)C1=O. The number of nitrogens with one attached hydrogen (secondary N) is 2. The van der Waals surface area contributed by atoms with Crippen LogP contribution in [0.3, 0.4) is 0 Å². The van der Waals surface area contributed by atoms with Crippen molar-refractivity contribution in [2.45, 2.75) is 31.0 Å². The van der Waals surface area contributed by atoms with Gasteiger partial charge in [-0.2, -0.15) is 0 Å². The highest BCUT2D eigenvalue weighted by molar-refractivity contribution is 14.1. The minimum absolute atomic E-state index is 0.0958. The van der Waals surface area contributed by atoms with Crippen molar-refractivity contribution in [3.05, 3.63) is 92.5 Å². The zero-order valence-electron chi connectivity index (χ0n) is 20.9. The van der Waals surface area contributed by atoms with Gasteiger partial charge in [0.05, 0.1) is 17.3 Å². The van der Waals surface area contributed by atoms with Crippen LogP contribution in [0.4, 0.5) is 10.5 Å². The number of aliphatic hydroxyl groups is 2. The minimum atomic E-state index is -1.16. The molecule has 0 radical (unpaired) electrons. The topological polar surface area (TPSA) is 128 Å². The van der Waals surface area contributed by atoms with Crippen LogP contribution in [0, 0.1) is 3.57 Å².